The van der Waals surface area contributed by atoms with E-state index in [1.807, 2.05) is 13.8 Å². The summed E-state index contributed by atoms with van der Waals surface area (Å²) in [5.41, 5.74) is 0. The zero-order valence-corrected chi connectivity index (χ0v) is 13.6. The standard InChI is InChI=1S/C13H26N2O4S/c1-10(2)15(9-12-5-7-14-8-6-12)20(17,18)11(3)13(16)19-4/h10-12,14H,5-9H2,1-4H3. The number of rotatable bonds is 6. The summed E-state index contributed by atoms with van der Waals surface area (Å²) >= 11 is 0. The molecule has 20 heavy (non-hydrogen) atoms. The molecule has 0 aromatic heterocycles. The minimum atomic E-state index is -3.67. The summed E-state index contributed by atoms with van der Waals surface area (Å²) < 4.78 is 31.1. The summed E-state index contributed by atoms with van der Waals surface area (Å²) in [6.45, 7) is 7.37. The van der Waals surface area contributed by atoms with Crippen LogP contribution in [0.3, 0.4) is 0 Å². The molecule has 0 bridgehead atoms. The average Bonchev–Trinajstić information content (AvgIpc) is 2.43. The monoisotopic (exact) mass is 306 g/mol. The lowest BCUT2D eigenvalue weighted by molar-refractivity contribution is -0.139. The first-order valence-electron chi connectivity index (χ1n) is 7.10. The number of carbonyl (C=O) groups is 1. The predicted molar refractivity (Wildman–Crippen MR) is 77.8 cm³/mol. The molecular weight excluding hydrogens is 280 g/mol. The van der Waals surface area contributed by atoms with Gasteiger partial charge >= 0.3 is 5.97 Å². The molecule has 0 radical (unpaired) electrons. The van der Waals surface area contributed by atoms with Crippen molar-refractivity contribution in [1.29, 1.82) is 0 Å². The molecule has 1 aliphatic rings. The first kappa shape index (κ1) is 17.4. The van der Waals surface area contributed by atoms with Crippen LogP contribution in [-0.2, 0) is 19.6 Å². The Morgan fingerprint density at radius 2 is 1.85 bits per heavy atom. The second-order valence-electron chi connectivity index (χ2n) is 5.57. The van der Waals surface area contributed by atoms with Crippen molar-refractivity contribution in [3.05, 3.63) is 0 Å². The van der Waals surface area contributed by atoms with Crippen molar-refractivity contribution in [2.75, 3.05) is 26.7 Å². The zero-order chi connectivity index (χ0) is 15.3. The van der Waals surface area contributed by atoms with Crippen LogP contribution in [0.2, 0.25) is 0 Å². The third-order valence-electron chi connectivity index (χ3n) is 3.78. The number of hydrogen-bond donors (Lipinski definition) is 1. The largest absolute Gasteiger partial charge is 0.468 e. The molecule has 1 heterocycles. The minimum absolute atomic E-state index is 0.165. The van der Waals surface area contributed by atoms with E-state index >= 15 is 0 Å². The molecular formula is C13H26N2O4S. The van der Waals surface area contributed by atoms with Crippen LogP contribution in [0, 0.1) is 5.92 Å². The Bertz CT molecular complexity index is 416. The summed E-state index contributed by atoms with van der Waals surface area (Å²) in [6, 6.07) is -0.165. The molecule has 1 N–H and O–H groups in total. The summed E-state index contributed by atoms with van der Waals surface area (Å²) in [7, 11) is -2.46. The van der Waals surface area contributed by atoms with Gasteiger partial charge in [0.1, 0.15) is 0 Å². The van der Waals surface area contributed by atoms with Crippen LogP contribution in [0.25, 0.3) is 0 Å². The Kier molecular flexibility index (Phi) is 6.42. The van der Waals surface area contributed by atoms with Crippen molar-refractivity contribution >= 4 is 16.0 Å². The van der Waals surface area contributed by atoms with Gasteiger partial charge in [0, 0.05) is 12.6 Å². The first-order chi connectivity index (χ1) is 9.30. The van der Waals surface area contributed by atoms with Gasteiger partial charge in [0.25, 0.3) is 0 Å². The quantitative estimate of drug-likeness (QED) is 0.727. The Balaban J connectivity index is 2.85. The molecule has 0 spiro atoms. The lowest BCUT2D eigenvalue weighted by atomic mass is 9.98. The van der Waals surface area contributed by atoms with E-state index in [1.54, 1.807) is 0 Å². The van der Waals surface area contributed by atoms with Crippen molar-refractivity contribution in [1.82, 2.24) is 9.62 Å². The van der Waals surface area contributed by atoms with E-state index in [4.69, 9.17) is 0 Å². The molecule has 1 aliphatic heterocycles. The van der Waals surface area contributed by atoms with Gasteiger partial charge < -0.3 is 10.1 Å². The van der Waals surface area contributed by atoms with Crippen LogP contribution < -0.4 is 5.32 Å². The highest BCUT2D eigenvalue weighted by Crippen LogP contribution is 2.20. The summed E-state index contributed by atoms with van der Waals surface area (Å²) in [5, 5.41) is 2.11. The second-order valence-corrected chi connectivity index (χ2v) is 7.77. The van der Waals surface area contributed by atoms with Gasteiger partial charge in [-0.05, 0) is 52.6 Å². The van der Waals surface area contributed by atoms with E-state index in [0.717, 1.165) is 25.9 Å². The smallest absolute Gasteiger partial charge is 0.325 e. The highest BCUT2D eigenvalue weighted by molar-refractivity contribution is 7.90. The van der Waals surface area contributed by atoms with Crippen molar-refractivity contribution in [3.8, 4) is 0 Å². The van der Waals surface area contributed by atoms with Gasteiger partial charge in [0.15, 0.2) is 5.25 Å². The summed E-state index contributed by atoms with van der Waals surface area (Å²) in [6.07, 6.45) is 1.93. The zero-order valence-electron chi connectivity index (χ0n) is 12.8. The molecule has 0 amide bonds. The van der Waals surface area contributed by atoms with E-state index in [9.17, 15) is 13.2 Å². The van der Waals surface area contributed by atoms with Crippen molar-refractivity contribution < 1.29 is 17.9 Å². The molecule has 7 heteroatoms. The maximum absolute atomic E-state index is 12.6. The van der Waals surface area contributed by atoms with Gasteiger partial charge in [-0.15, -0.1) is 0 Å². The van der Waals surface area contributed by atoms with Gasteiger partial charge in [-0.3, -0.25) is 4.79 Å². The molecule has 1 saturated heterocycles. The Morgan fingerprint density at radius 3 is 2.30 bits per heavy atom. The van der Waals surface area contributed by atoms with Crippen molar-refractivity contribution in [2.45, 2.75) is 44.9 Å². The lowest BCUT2D eigenvalue weighted by Crippen LogP contribution is -2.48. The summed E-state index contributed by atoms with van der Waals surface area (Å²) in [5.74, 6) is -0.362. The lowest BCUT2D eigenvalue weighted by Gasteiger charge is -2.33. The van der Waals surface area contributed by atoms with E-state index in [-0.39, 0.29) is 6.04 Å². The maximum atomic E-state index is 12.6. The number of carbonyl (C=O) groups excluding carboxylic acids is 1. The van der Waals surface area contributed by atoms with Gasteiger partial charge in [0.05, 0.1) is 7.11 Å². The third kappa shape index (κ3) is 4.17. The molecule has 1 atom stereocenters. The number of esters is 1. The van der Waals surface area contributed by atoms with E-state index in [1.165, 1.54) is 18.3 Å². The van der Waals surface area contributed by atoms with Gasteiger partial charge in [0.2, 0.25) is 10.0 Å². The highest BCUT2D eigenvalue weighted by atomic mass is 32.2. The molecule has 1 rings (SSSR count). The van der Waals surface area contributed by atoms with Crippen LogP contribution >= 0.6 is 0 Å². The SMILES string of the molecule is COC(=O)C(C)S(=O)(=O)N(CC1CCNCC1)C(C)C. The molecule has 6 nitrogen and oxygen atoms in total. The van der Waals surface area contributed by atoms with Crippen LogP contribution in [0.1, 0.15) is 33.6 Å². The summed E-state index contributed by atoms with van der Waals surface area (Å²) in [4.78, 5) is 11.5. The maximum Gasteiger partial charge on any atom is 0.325 e. The minimum Gasteiger partial charge on any atom is -0.468 e. The van der Waals surface area contributed by atoms with Crippen LogP contribution in [-0.4, -0.2) is 56.7 Å². The normalized spacial score (nSPS) is 19.3. The van der Waals surface area contributed by atoms with Gasteiger partial charge in [-0.25, -0.2) is 8.42 Å². The number of hydrogen-bond acceptors (Lipinski definition) is 5. The fourth-order valence-electron chi connectivity index (χ4n) is 2.42. The number of sulfonamides is 1. The van der Waals surface area contributed by atoms with E-state index < -0.39 is 21.2 Å². The molecule has 0 saturated carbocycles. The fourth-order valence-corrected chi connectivity index (χ4v) is 4.17. The fraction of sp³-hybridized carbons (Fsp3) is 0.923. The Labute approximate surface area is 121 Å². The van der Waals surface area contributed by atoms with E-state index in [0.29, 0.717) is 12.5 Å². The number of methoxy groups -OCH3 is 1. The molecule has 1 fully saturated rings. The van der Waals surface area contributed by atoms with Crippen LogP contribution in [0.15, 0.2) is 0 Å². The molecule has 0 aromatic rings. The molecule has 0 aliphatic carbocycles. The second kappa shape index (κ2) is 7.38. The average molecular weight is 306 g/mol. The number of nitrogens with zero attached hydrogens (tertiary/aromatic N) is 1. The Morgan fingerprint density at radius 1 is 1.30 bits per heavy atom. The van der Waals surface area contributed by atoms with Crippen LogP contribution in [0.5, 0.6) is 0 Å². The van der Waals surface area contributed by atoms with Gasteiger partial charge in [-0.2, -0.15) is 4.31 Å². The number of piperidine rings is 1. The number of nitrogens with one attached hydrogen (secondary N) is 1. The predicted octanol–water partition coefficient (Wildman–Crippen LogP) is 0.588. The topological polar surface area (TPSA) is 75.7 Å². The van der Waals surface area contributed by atoms with Crippen molar-refractivity contribution in [3.63, 3.8) is 0 Å². The van der Waals surface area contributed by atoms with Crippen molar-refractivity contribution in [2.24, 2.45) is 5.92 Å². The molecule has 1 unspecified atom stereocenters. The third-order valence-corrected chi connectivity index (χ3v) is 6.09. The van der Waals surface area contributed by atoms with Gasteiger partial charge in [-0.1, -0.05) is 0 Å². The van der Waals surface area contributed by atoms with E-state index in [2.05, 4.69) is 10.1 Å². The molecule has 118 valence electrons. The highest BCUT2D eigenvalue weighted by Gasteiger charge is 2.37. The number of ether oxygens (including phenoxy) is 1. The van der Waals surface area contributed by atoms with Crippen LogP contribution in [0.4, 0.5) is 0 Å². The Hall–Kier alpha value is -0.660. The first-order valence-corrected chi connectivity index (χ1v) is 8.60. The molecule has 0 aromatic carbocycles.